The highest BCUT2D eigenvalue weighted by Crippen LogP contribution is 2.42. The van der Waals surface area contributed by atoms with Gasteiger partial charge in [0.05, 0.1) is 45.5 Å². The molecule has 7 saturated heterocycles. The minimum absolute atomic E-state index is 0.0334. The highest BCUT2D eigenvalue weighted by molar-refractivity contribution is 5.67. The molecule has 117 heavy (non-hydrogen) atoms. The summed E-state index contributed by atoms with van der Waals surface area (Å²) in [5, 5.41) is 27.4. The van der Waals surface area contributed by atoms with Gasteiger partial charge in [0.1, 0.15) is 45.9 Å². The van der Waals surface area contributed by atoms with E-state index in [0.717, 1.165) is 143 Å². The zero-order chi connectivity index (χ0) is 79.8. The van der Waals surface area contributed by atoms with Crippen molar-refractivity contribution in [2.75, 3.05) is 125 Å². The van der Waals surface area contributed by atoms with E-state index in [9.17, 15) is 19.2 Å². The molecular weight excluding hydrogens is 1490 g/mol. The fourth-order valence-corrected chi connectivity index (χ4v) is 17.4. The number of aromatic nitrogens is 24. The number of piperidine rings is 1. The topological polar surface area (TPSA) is 362 Å². The molecule has 0 saturated carbocycles. The first kappa shape index (κ1) is 72.6. The van der Waals surface area contributed by atoms with Gasteiger partial charge in [0.2, 0.25) is 0 Å². The Morgan fingerprint density at radius 3 is 1.03 bits per heavy atom. The highest BCUT2D eigenvalue weighted by Gasteiger charge is 2.48. The molecule has 3 N–H and O–H groups in total. The number of hydrogen-bond donors (Lipinski definition) is 3. The molecule has 2 unspecified atom stereocenters. The van der Waals surface area contributed by atoms with Crippen LogP contribution in [-0.4, -0.2) is 232 Å². The number of anilines is 4. The molecule has 2 spiro atoms. The van der Waals surface area contributed by atoms with Gasteiger partial charge in [-0.05, 0) is 135 Å². The Hall–Kier alpha value is -13.3. The Kier molecular flexibility index (Phi) is 17.6. The summed E-state index contributed by atoms with van der Waals surface area (Å²) in [5.74, 6) is 6.12. The second kappa shape index (κ2) is 28.3. The van der Waals surface area contributed by atoms with Gasteiger partial charge in [-0.1, -0.05) is 0 Å². The van der Waals surface area contributed by atoms with Gasteiger partial charge in [-0.15, -0.1) is 0 Å². The van der Waals surface area contributed by atoms with Gasteiger partial charge >= 0.3 is 0 Å². The van der Waals surface area contributed by atoms with Gasteiger partial charge in [0.15, 0.2) is 0 Å². The van der Waals surface area contributed by atoms with Crippen LogP contribution in [-0.2, 0) is 0 Å². The van der Waals surface area contributed by atoms with Crippen molar-refractivity contribution in [2.45, 2.75) is 59.9 Å². The number of piperazine rings is 1. The first-order valence-corrected chi connectivity index (χ1v) is 39.4. The summed E-state index contributed by atoms with van der Waals surface area (Å²) in [5.41, 5.74) is 12.3. The summed E-state index contributed by atoms with van der Waals surface area (Å²) in [6, 6.07) is 22.0. The molecule has 0 radical (unpaired) electrons. The van der Waals surface area contributed by atoms with Crippen LogP contribution >= 0.6 is 0 Å². The van der Waals surface area contributed by atoms with Crippen LogP contribution in [0.1, 0.15) is 50.0 Å². The third-order valence-electron chi connectivity index (χ3n) is 23.4. The highest BCUT2D eigenvalue weighted by atomic mass is 16.1. The standard InChI is InChI=1S/2C21H22N8O.C20H22N8O.C19H18N8O/c1-13-23-21-22-6-14(11-29(21)25-13)18-5-20(30)28-12-17(3-4-19(28)24-18)27-9-15-7-26(2)8-16(15)10-27;1-14-24-20-23-9-15(10-29(20)26-14)17-8-19(30)28-11-16(2-3-18(28)25-17)27-12-21(13-27)4-6-22-7-5-21;1-13-23-19-21-9-14(10-28(19)25-13)16-8-18(29)27-11-15(4-5-17(27)24-16)26-7-6-22-20(2,3)12-26;1-12-22-18-21-5-13(6-27(18)24-12)15-4-17(28)26-7-14(2-3-16(26)23-15)25-10-19(11-25)8-20-9-19/h3-6,11-12,15-16H,7-10H2,1-2H3;2-3,8-11,22H,4-7,12-13H2,1H3;4-5,8-11,22H,6-7,12H2,1-3H3;2-7,20H,8-11H2,1H3. The fraction of sp³-hybridized carbons (Fsp3) is 0.358. The van der Waals surface area contributed by atoms with Crippen molar-refractivity contribution in [3.05, 3.63) is 212 Å². The SMILES string of the molecule is Cc1nc2ncc(-c3cc(=O)n4cc(N5CC6(CCNCC6)C5)ccc4n3)cn2n1.Cc1nc2ncc(-c3cc(=O)n4cc(N5CC6(CNC6)C5)ccc4n3)cn2n1.Cc1nc2ncc(-c3cc(=O)n4cc(N5CC6CN(C)CC6C5)ccc4n3)cn2n1.Cc1nc2ncc(-c3cc(=O)n4cc(N5CCNC(C)(C)C5)ccc4n3)cn2n1. The first-order chi connectivity index (χ1) is 56.6. The number of aryl methyl sites for hydroxylation is 4. The van der Waals surface area contributed by atoms with E-state index in [1.54, 1.807) is 97.4 Å². The third kappa shape index (κ3) is 14.0. The number of hydrogen-bond acceptors (Lipinski definition) is 28. The van der Waals surface area contributed by atoms with Crippen molar-refractivity contribution in [3.8, 4) is 45.0 Å². The van der Waals surface area contributed by atoms with Crippen molar-refractivity contribution >= 4 is 68.4 Å². The maximum Gasteiger partial charge on any atom is 0.258 e. The van der Waals surface area contributed by atoms with Gasteiger partial charge < -0.3 is 40.4 Å². The maximum atomic E-state index is 12.9. The van der Waals surface area contributed by atoms with Crippen molar-refractivity contribution in [1.82, 2.24) is 137 Å². The molecule has 0 bridgehead atoms. The molecule has 592 valence electrons. The largest absolute Gasteiger partial charge is 0.370 e. The second-order valence-corrected chi connectivity index (χ2v) is 32.8. The minimum atomic E-state index is -0.129. The van der Waals surface area contributed by atoms with Crippen molar-refractivity contribution in [2.24, 2.45) is 22.7 Å². The third-order valence-corrected chi connectivity index (χ3v) is 23.4. The van der Waals surface area contributed by atoms with Gasteiger partial charge in [-0.25, -0.2) is 57.9 Å². The van der Waals surface area contributed by atoms with Crippen molar-refractivity contribution in [1.29, 1.82) is 0 Å². The van der Waals surface area contributed by atoms with E-state index in [1.807, 2.05) is 88.9 Å². The molecule has 16 aromatic rings. The quantitative estimate of drug-likeness (QED) is 0.192. The molecular formula is C81H84N32O4. The number of likely N-dealkylation sites (tertiary alicyclic amines) is 1. The molecule has 23 heterocycles. The molecule has 0 aromatic carbocycles. The predicted molar refractivity (Wildman–Crippen MR) is 439 cm³/mol. The summed E-state index contributed by atoms with van der Waals surface area (Å²) in [6.07, 6.45) is 23.9. The van der Waals surface area contributed by atoms with Gasteiger partial charge in [0, 0.05) is 222 Å². The van der Waals surface area contributed by atoms with Crippen LogP contribution in [0.3, 0.4) is 0 Å². The molecule has 2 atom stereocenters. The smallest absolute Gasteiger partial charge is 0.258 e. The molecule has 16 aromatic heterocycles. The number of pyridine rings is 4. The molecule has 7 aliphatic rings. The monoisotopic (exact) mass is 1570 g/mol. The number of nitrogens with zero attached hydrogens (tertiary/aromatic N) is 29. The van der Waals surface area contributed by atoms with Gasteiger partial charge in [-0.3, -0.25) is 36.8 Å². The van der Waals surface area contributed by atoms with Crippen LogP contribution in [0.2, 0.25) is 0 Å². The molecule has 0 aliphatic carbocycles. The van der Waals surface area contributed by atoms with Crippen molar-refractivity contribution < 1.29 is 0 Å². The van der Waals surface area contributed by atoms with E-state index in [0.29, 0.717) is 114 Å². The normalized spacial score (nSPS) is 18.6. The average Bonchev–Trinajstić information content (AvgIpc) is 1.53. The minimum Gasteiger partial charge on any atom is -0.370 e. The molecule has 23 rings (SSSR count). The zero-order valence-electron chi connectivity index (χ0n) is 65.6. The van der Waals surface area contributed by atoms with E-state index >= 15 is 0 Å². The van der Waals surface area contributed by atoms with Crippen LogP contribution < -0.4 is 57.8 Å². The van der Waals surface area contributed by atoms with Crippen LogP contribution in [0, 0.1) is 50.4 Å². The van der Waals surface area contributed by atoms with Crippen LogP contribution in [0.25, 0.3) is 90.7 Å². The predicted octanol–water partition coefficient (Wildman–Crippen LogP) is 4.22. The Balaban J connectivity index is 0.000000100. The zero-order valence-corrected chi connectivity index (χ0v) is 65.6. The Labute approximate surface area is 666 Å². The molecule has 36 nitrogen and oxygen atoms in total. The van der Waals surface area contributed by atoms with E-state index < -0.39 is 0 Å². The van der Waals surface area contributed by atoms with Crippen LogP contribution in [0.4, 0.5) is 22.7 Å². The Morgan fingerprint density at radius 1 is 0.368 bits per heavy atom. The molecule has 36 heteroatoms. The van der Waals surface area contributed by atoms with Crippen LogP contribution in [0.5, 0.6) is 0 Å². The van der Waals surface area contributed by atoms with E-state index in [-0.39, 0.29) is 27.8 Å². The lowest BCUT2D eigenvalue weighted by Gasteiger charge is -2.57. The van der Waals surface area contributed by atoms with Crippen LogP contribution in [0.15, 0.2) is 166 Å². The summed E-state index contributed by atoms with van der Waals surface area (Å²) in [7, 11) is 2.19. The van der Waals surface area contributed by atoms with E-state index in [1.165, 1.54) is 25.0 Å². The lowest BCUT2D eigenvalue weighted by atomic mass is 9.72. The number of nitrogens with one attached hydrogen (secondary N) is 3. The molecule has 7 fully saturated rings. The molecule has 7 aliphatic heterocycles. The second-order valence-electron chi connectivity index (χ2n) is 32.8. The fourth-order valence-electron chi connectivity index (χ4n) is 17.4. The van der Waals surface area contributed by atoms with Gasteiger partial charge in [0.25, 0.3) is 45.3 Å². The van der Waals surface area contributed by atoms with E-state index in [4.69, 9.17) is 4.98 Å². The lowest BCUT2D eigenvalue weighted by molar-refractivity contribution is 0.121. The Bertz CT molecular complexity index is 6880. The summed E-state index contributed by atoms with van der Waals surface area (Å²) < 4.78 is 12.9. The maximum absolute atomic E-state index is 12.9. The first-order valence-electron chi connectivity index (χ1n) is 39.4. The lowest BCUT2D eigenvalue weighted by Crippen LogP contribution is -2.71. The summed E-state index contributed by atoms with van der Waals surface area (Å²) in [4.78, 5) is 116. The van der Waals surface area contributed by atoms with Gasteiger partial charge in [-0.2, -0.15) is 40.3 Å². The summed E-state index contributed by atoms with van der Waals surface area (Å²) >= 11 is 0. The number of rotatable bonds is 8. The molecule has 0 amide bonds. The van der Waals surface area contributed by atoms with E-state index in [2.05, 4.69) is 149 Å². The Morgan fingerprint density at radius 2 is 0.701 bits per heavy atom. The number of fused-ring (bicyclic) bond motifs is 9. The van der Waals surface area contributed by atoms with Crippen molar-refractivity contribution in [3.63, 3.8) is 0 Å². The average molecular weight is 1570 g/mol. The summed E-state index contributed by atoms with van der Waals surface area (Å²) in [6.45, 7) is 27.3.